The van der Waals surface area contributed by atoms with Gasteiger partial charge < -0.3 is 5.73 Å². The van der Waals surface area contributed by atoms with Gasteiger partial charge in [-0.3, -0.25) is 0 Å². The second-order valence-electron chi connectivity index (χ2n) is 3.06. The monoisotopic (exact) mass is 181 g/mol. The van der Waals surface area contributed by atoms with Crippen LogP contribution in [0.2, 0.25) is 0 Å². The number of aryl methyl sites for hydroxylation is 2. The van der Waals surface area contributed by atoms with Crippen molar-refractivity contribution in [2.24, 2.45) is 0 Å². The Hall–Kier alpha value is -1.06. The summed E-state index contributed by atoms with van der Waals surface area (Å²) < 4.78 is 0. The maximum absolute atomic E-state index is 5.68. The van der Waals surface area contributed by atoms with Gasteiger partial charge in [0.1, 0.15) is 6.61 Å². The summed E-state index contributed by atoms with van der Waals surface area (Å²) in [6.07, 6.45) is 0. The predicted octanol–water partition coefficient (Wildman–Crippen LogP) is 1.96. The summed E-state index contributed by atoms with van der Waals surface area (Å²) in [4.78, 5) is 9.44. The summed E-state index contributed by atoms with van der Waals surface area (Å²) >= 11 is 0. The maximum Gasteiger partial charge on any atom is 0.108 e. The highest BCUT2D eigenvalue weighted by molar-refractivity contribution is 5.48. The van der Waals surface area contributed by atoms with Gasteiger partial charge in [0.05, 0.1) is 7.11 Å². The third kappa shape index (κ3) is 2.44. The smallest absolute Gasteiger partial charge is 0.108 e. The summed E-state index contributed by atoms with van der Waals surface area (Å²) in [5.41, 5.74) is 9.88. The molecule has 1 aromatic carbocycles. The molecule has 0 atom stereocenters. The average molecular weight is 181 g/mol. The number of nitrogen functional groups attached to an aromatic ring is 1. The van der Waals surface area contributed by atoms with Crippen LogP contribution < -0.4 is 5.73 Å². The Bertz CT molecular complexity index is 274. The third-order valence-corrected chi connectivity index (χ3v) is 2.04. The first-order valence-corrected chi connectivity index (χ1v) is 4.16. The number of hydrogen-bond donors (Lipinski definition) is 1. The van der Waals surface area contributed by atoms with Crippen LogP contribution in [0.5, 0.6) is 0 Å². The first kappa shape index (κ1) is 10.0. The Balaban J connectivity index is 2.92. The van der Waals surface area contributed by atoms with Crippen molar-refractivity contribution >= 4 is 5.69 Å². The molecule has 0 aromatic heterocycles. The first-order valence-electron chi connectivity index (χ1n) is 4.16. The molecule has 13 heavy (non-hydrogen) atoms. The first-order chi connectivity index (χ1) is 6.15. The lowest BCUT2D eigenvalue weighted by Gasteiger charge is -2.09. The van der Waals surface area contributed by atoms with Crippen LogP contribution in [0.4, 0.5) is 5.69 Å². The molecule has 0 unspecified atom stereocenters. The summed E-state index contributed by atoms with van der Waals surface area (Å²) in [7, 11) is 1.50. The van der Waals surface area contributed by atoms with Crippen molar-refractivity contribution in [3.05, 3.63) is 28.8 Å². The van der Waals surface area contributed by atoms with Crippen LogP contribution in [-0.4, -0.2) is 7.11 Å². The Labute approximate surface area is 78.4 Å². The molecule has 2 N–H and O–H groups in total. The normalized spacial score (nSPS) is 10.4. The van der Waals surface area contributed by atoms with E-state index in [2.05, 4.69) is 4.89 Å². The van der Waals surface area contributed by atoms with Crippen molar-refractivity contribution < 1.29 is 9.78 Å². The third-order valence-electron chi connectivity index (χ3n) is 2.04. The molecule has 0 fully saturated rings. The summed E-state index contributed by atoms with van der Waals surface area (Å²) in [5, 5.41) is 0. The molecule has 0 saturated heterocycles. The number of hydrogen-bond acceptors (Lipinski definition) is 3. The van der Waals surface area contributed by atoms with E-state index in [0.29, 0.717) is 6.61 Å². The van der Waals surface area contributed by atoms with Gasteiger partial charge in [0, 0.05) is 5.69 Å². The summed E-state index contributed by atoms with van der Waals surface area (Å²) in [6.45, 7) is 4.49. The standard InChI is InChI=1S/C10H15NO2/c1-7-4-9(11)5-8(2)10(7)6-13-12-3/h4-5H,6,11H2,1-3H3. The molecule has 0 radical (unpaired) electrons. The Kier molecular flexibility index (Phi) is 3.28. The molecule has 0 aliphatic rings. The average Bonchev–Trinajstić information content (AvgIpc) is 2.02. The fourth-order valence-electron chi connectivity index (χ4n) is 1.37. The van der Waals surface area contributed by atoms with Crippen LogP contribution >= 0.6 is 0 Å². The topological polar surface area (TPSA) is 44.5 Å². The molecule has 3 nitrogen and oxygen atoms in total. The summed E-state index contributed by atoms with van der Waals surface area (Å²) in [5.74, 6) is 0. The van der Waals surface area contributed by atoms with Gasteiger partial charge >= 0.3 is 0 Å². The van der Waals surface area contributed by atoms with Crippen molar-refractivity contribution in [2.45, 2.75) is 20.5 Å². The van der Waals surface area contributed by atoms with E-state index in [1.165, 1.54) is 7.11 Å². The Morgan fingerprint density at radius 2 is 1.77 bits per heavy atom. The summed E-state index contributed by atoms with van der Waals surface area (Å²) in [6, 6.07) is 3.86. The van der Waals surface area contributed by atoms with Gasteiger partial charge in [-0.25, -0.2) is 9.78 Å². The van der Waals surface area contributed by atoms with Gasteiger partial charge in [-0.05, 0) is 42.7 Å². The van der Waals surface area contributed by atoms with Crippen LogP contribution in [0.3, 0.4) is 0 Å². The van der Waals surface area contributed by atoms with Crippen molar-refractivity contribution in [3.8, 4) is 0 Å². The van der Waals surface area contributed by atoms with E-state index in [-0.39, 0.29) is 0 Å². The van der Waals surface area contributed by atoms with E-state index < -0.39 is 0 Å². The number of rotatable bonds is 3. The van der Waals surface area contributed by atoms with Crippen molar-refractivity contribution in [1.82, 2.24) is 0 Å². The van der Waals surface area contributed by atoms with Gasteiger partial charge in [0.25, 0.3) is 0 Å². The lowest BCUT2D eigenvalue weighted by molar-refractivity contribution is -0.282. The van der Waals surface area contributed by atoms with E-state index in [9.17, 15) is 0 Å². The Morgan fingerprint density at radius 3 is 2.23 bits per heavy atom. The minimum absolute atomic E-state index is 0.467. The molecular weight excluding hydrogens is 166 g/mol. The van der Waals surface area contributed by atoms with Crippen LogP contribution in [0.25, 0.3) is 0 Å². The second-order valence-corrected chi connectivity index (χ2v) is 3.06. The second kappa shape index (κ2) is 4.25. The molecular formula is C10H15NO2. The van der Waals surface area contributed by atoms with Gasteiger partial charge in [-0.2, -0.15) is 0 Å². The largest absolute Gasteiger partial charge is 0.399 e. The highest BCUT2D eigenvalue weighted by Crippen LogP contribution is 2.18. The van der Waals surface area contributed by atoms with Crippen molar-refractivity contribution in [3.63, 3.8) is 0 Å². The lowest BCUT2D eigenvalue weighted by Crippen LogP contribution is -1.99. The fourth-order valence-corrected chi connectivity index (χ4v) is 1.37. The maximum atomic E-state index is 5.68. The molecule has 0 bridgehead atoms. The molecule has 3 heteroatoms. The molecule has 0 spiro atoms. The predicted molar refractivity (Wildman–Crippen MR) is 52.1 cm³/mol. The van der Waals surface area contributed by atoms with Gasteiger partial charge in [0.15, 0.2) is 0 Å². The number of anilines is 1. The zero-order valence-corrected chi connectivity index (χ0v) is 8.26. The van der Waals surface area contributed by atoms with Crippen molar-refractivity contribution in [2.75, 3.05) is 12.8 Å². The molecule has 0 heterocycles. The van der Waals surface area contributed by atoms with Crippen LogP contribution in [0.15, 0.2) is 12.1 Å². The lowest BCUT2D eigenvalue weighted by atomic mass is 10.0. The molecule has 1 aromatic rings. The van der Waals surface area contributed by atoms with Crippen molar-refractivity contribution in [1.29, 1.82) is 0 Å². The Morgan fingerprint density at radius 1 is 1.23 bits per heavy atom. The van der Waals surface area contributed by atoms with Crippen LogP contribution in [0.1, 0.15) is 16.7 Å². The van der Waals surface area contributed by atoms with E-state index in [1.807, 2.05) is 26.0 Å². The zero-order chi connectivity index (χ0) is 9.84. The van der Waals surface area contributed by atoms with E-state index in [1.54, 1.807) is 0 Å². The fraction of sp³-hybridized carbons (Fsp3) is 0.400. The molecule has 0 amide bonds. The number of nitrogens with two attached hydrogens (primary N) is 1. The molecule has 1 rings (SSSR count). The molecule has 0 aliphatic heterocycles. The van der Waals surface area contributed by atoms with Gasteiger partial charge in [0.2, 0.25) is 0 Å². The SMILES string of the molecule is COOCc1c(C)cc(N)cc1C. The highest BCUT2D eigenvalue weighted by Gasteiger charge is 2.03. The van der Waals surface area contributed by atoms with Gasteiger partial charge in [-0.1, -0.05) is 0 Å². The molecule has 0 aliphatic carbocycles. The highest BCUT2D eigenvalue weighted by atomic mass is 17.2. The van der Waals surface area contributed by atoms with Crippen LogP contribution in [0, 0.1) is 13.8 Å². The van der Waals surface area contributed by atoms with Crippen LogP contribution in [-0.2, 0) is 16.4 Å². The molecule has 72 valence electrons. The number of benzene rings is 1. The zero-order valence-electron chi connectivity index (χ0n) is 8.26. The minimum atomic E-state index is 0.467. The van der Waals surface area contributed by atoms with E-state index in [4.69, 9.17) is 10.6 Å². The minimum Gasteiger partial charge on any atom is -0.399 e. The van der Waals surface area contributed by atoms with E-state index in [0.717, 1.165) is 22.4 Å². The molecule has 0 saturated carbocycles. The van der Waals surface area contributed by atoms with E-state index >= 15 is 0 Å². The quantitative estimate of drug-likeness (QED) is 0.440. The van der Waals surface area contributed by atoms with Gasteiger partial charge in [-0.15, -0.1) is 0 Å².